The van der Waals surface area contributed by atoms with Crippen molar-refractivity contribution in [3.05, 3.63) is 5.92 Å². The number of hydrogen-bond donors (Lipinski definition) is 2. The number of aliphatic hydroxyl groups excluding tert-OH is 2. The molecule has 1 rings (SSSR count). The van der Waals surface area contributed by atoms with E-state index in [0.717, 1.165) is 25.8 Å². The molecule has 1 saturated heterocycles. The number of ether oxygens (including phenoxy) is 2. The number of hydrogen-bond acceptors (Lipinski definition) is 5. The second kappa shape index (κ2) is 11.0. The zero-order chi connectivity index (χ0) is 18.1. The van der Waals surface area contributed by atoms with Crippen molar-refractivity contribution in [2.75, 3.05) is 26.3 Å². The van der Waals surface area contributed by atoms with Crippen molar-refractivity contribution in [2.24, 2.45) is 0 Å². The van der Waals surface area contributed by atoms with Crippen LogP contribution in [0.5, 0.6) is 0 Å². The highest BCUT2D eigenvalue weighted by Crippen LogP contribution is 2.23. The first-order chi connectivity index (χ1) is 11.3. The van der Waals surface area contributed by atoms with Crippen LogP contribution in [0.25, 0.3) is 0 Å². The van der Waals surface area contributed by atoms with Crippen molar-refractivity contribution in [1.82, 2.24) is 4.90 Å². The molecule has 4 atom stereocenters. The topological polar surface area (TPSA) is 79.2 Å². The largest absolute Gasteiger partial charge is 0.391 e. The second-order valence-electron chi connectivity index (χ2n) is 7.06. The van der Waals surface area contributed by atoms with Crippen LogP contribution in [0.1, 0.15) is 53.4 Å². The number of carbonyl (C=O) groups excluding carboxylic acids is 1. The lowest BCUT2D eigenvalue weighted by Gasteiger charge is -2.28. The summed E-state index contributed by atoms with van der Waals surface area (Å²) in [6, 6.07) is 0. The predicted octanol–water partition coefficient (Wildman–Crippen LogP) is 1.54. The molecule has 0 aromatic heterocycles. The smallest absolute Gasteiger partial charge is 0.222 e. The average molecular weight is 344 g/mol. The van der Waals surface area contributed by atoms with Crippen molar-refractivity contribution < 1.29 is 24.5 Å². The van der Waals surface area contributed by atoms with Crippen molar-refractivity contribution in [3.8, 4) is 0 Å². The summed E-state index contributed by atoms with van der Waals surface area (Å²) in [7, 11) is 0. The first kappa shape index (κ1) is 21.4. The average Bonchev–Trinajstić information content (AvgIpc) is 2.88. The summed E-state index contributed by atoms with van der Waals surface area (Å²) < 4.78 is 11.3. The first-order valence-electron chi connectivity index (χ1n) is 8.98. The van der Waals surface area contributed by atoms with Gasteiger partial charge in [-0.1, -0.05) is 0 Å². The molecule has 0 spiro atoms. The van der Waals surface area contributed by atoms with E-state index in [-0.39, 0.29) is 18.1 Å². The van der Waals surface area contributed by atoms with Gasteiger partial charge in [-0.3, -0.25) is 4.79 Å². The molecule has 1 radical (unpaired) electrons. The fourth-order valence-electron chi connectivity index (χ4n) is 2.89. The summed E-state index contributed by atoms with van der Waals surface area (Å²) in [5.41, 5.74) is 0. The van der Waals surface area contributed by atoms with Gasteiger partial charge in [-0.2, -0.15) is 0 Å². The zero-order valence-electron chi connectivity index (χ0n) is 15.5. The number of aliphatic hydroxyl groups is 2. The Balaban J connectivity index is 2.52. The molecule has 6 heteroatoms. The maximum absolute atomic E-state index is 11.9. The van der Waals surface area contributed by atoms with E-state index in [1.807, 2.05) is 18.7 Å². The molecule has 2 N–H and O–H groups in total. The van der Waals surface area contributed by atoms with Crippen LogP contribution in [-0.4, -0.2) is 71.7 Å². The van der Waals surface area contributed by atoms with Crippen molar-refractivity contribution in [2.45, 2.75) is 77.8 Å². The third-order valence-corrected chi connectivity index (χ3v) is 3.98. The molecule has 0 aromatic carbocycles. The van der Waals surface area contributed by atoms with E-state index in [1.165, 1.54) is 5.92 Å². The van der Waals surface area contributed by atoms with Gasteiger partial charge in [0.25, 0.3) is 0 Å². The fourth-order valence-corrected chi connectivity index (χ4v) is 2.89. The van der Waals surface area contributed by atoms with Gasteiger partial charge in [-0.15, -0.1) is 0 Å². The van der Waals surface area contributed by atoms with Crippen LogP contribution >= 0.6 is 0 Å². The van der Waals surface area contributed by atoms with Gasteiger partial charge in [0.1, 0.15) is 0 Å². The van der Waals surface area contributed by atoms with Crippen LogP contribution in [0.4, 0.5) is 0 Å². The summed E-state index contributed by atoms with van der Waals surface area (Å²) in [6.45, 7) is 9.44. The van der Waals surface area contributed by atoms with Gasteiger partial charge in [0.15, 0.2) is 0 Å². The van der Waals surface area contributed by atoms with Crippen LogP contribution in [0.15, 0.2) is 0 Å². The minimum Gasteiger partial charge on any atom is -0.391 e. The maximum Gasteiger partial charge on any atom is 0.222 e. The summed E-state index contributed by atoms with van der Waals surface area (Å²) in [4.78, 5) is 13.8. The molecule has 1 heterocycles. The standard InChI is InChI=1S/C18H34NO5/c1-13(20)11-23-15(3)8-17(9-16(4)24-12-14(2)21)10-19-7-5-6-18(19)22/h13-16,20-21H,5-12H2,1-4H3. The normalized spacial score (nSPS) is 20.5. The molecule has 1 amide bonds. The SMILES string of the molecule is CC(O)COC(C)C[C](CC(C)OCC(C)O)CN1CCCC1=O. The molecule has 1 aliphatic heterocycles. The fraction of sp³-hybridized carbons (Fsp3) is 0.889. The van der Waals surface area contributed by atoms with Crippen LogP contribution in [0.2, 0.25) is 0 Å². The minimum absolute atomic E-state index is 0.0173. The van der Waals surface area contributed by atoms with Crippen molar-refractivity contribution in [1.29, 1.82) is 0 Å². The van der Waals surface area contributed by atoms with Crippen molar-refractivity contribution in [3.63, 3.8) is 0 Å². The monoisotopic (exact) mass is 344 g/mol. The molecule has 0 aliphatic carbocycles. The van der Waals surface area contributed by atoms with E-state index in [1.54, 1.807) is 13.8 Å². The summed E-state index contributed by atoms with van der Waals surface area (Å²) >= 11 is 0. The highest BCUT2D eigenvalue weighted by Gasteiger charge is 2.26. The number of rotatable bonds is 12. The number of likely N-dealkylation sites (tertiary alicyclic amines) is 1. The third kappa shape index (κ3) is 8.97. The summed E-state index contributed by atoms with van der Waals surface area (Å²) in [5, 5.41) is 18.7. The van der Waals surface area contributed by atoms with Gasteiger partial charge < -0.3 is 24.6 Å². The Labute approximate surface area is 146 Å². The highest BCUT2D eigenvalue weighted by molar-refractivity contribution is 5.78. The van der Waals surface area contributed by atoms with Gasteiger partial charge in [-0.25, -0.2) is 0 Å². The van der Waals surface area contributed by atoms with Crippen LogP contribution in [0.3, 0.4) is 0 Å². The van der Waals surface area contributed by atoms with E-state index in [0.29, 0.717) is 26.2 Å². The van der Waals surface area contributed by atoms with Crippen LogP contribution < -0.4 is 0 Å². The van der Waals surface area contributed by atoms with Gasteiger partial charge in [0.2, 0.25) is 5.91 Å². The Hall–Kier alpha value is -0.690. The Morgan fingerprint density at radius 1 is 1.04 bits per heavy atom. The zero-order valence-corrected chi connectivity index (χ0v) is 15.5. The Morgan fingerprint density at radius 2 is 1.54 bits per heavy atom. The molecular formula is C18H34NO5. The molecule has 4 unspecified atom stereocenters. The Bertz CT molecular complexity index is 341. The lowest BCUT2D eigenvalue weighted by molar-refractivity contribution is -0.127. The van der Waals surface area contributed by atoms with Crippen LogP contribution in [0, 0.1) is 5.92 Å². The summed E-state index contributed by atoms with van der Waals surface area (Å²) in [6.07, 6.45) is 2.03. The second-order valence-corrected chi connectivity index (χ2v) is 7.06. The van der Waals surface area contributed by atoms with E-state index < -0.39 is 12.2 Å². The van der Waals surface area contributed by atoms with E-state index in [2.05, 4.69) is 0 Å². The maximum atomic E-state index is 11.9. The molecule has 1 fully saturated rings. The highest BCUT2D eigenvalue weighted by atomic mass is 16.5. The molecule has 1 aliphatic rings. The predicted molar refractivity (Wildman–Crippen MR) is 92.5 cm³/mol. The number of nitrogens with zero attached hydrogens (tertiary/aromatic N) is 1. The van der Waals surface area contributed by atoms with Gasteiger partial charge in [-0.05, 0) is 47.0 Å². The molecule has 0 aromatic rings. The van der Waals surface area contributed by atoms with Gasteiger partial charge in [0.05, 0.1) is 37.6 Å². The number of amides is 1. The van der Waals surface area contributed by atoms with Crippen molar-refractivity contribution >= 4 is 5.91 Å². The molecular weight excluding hydrogens is 310 g/mol. The number of carbonyl (C=O) groups is 1. The quantitative estimate of drug-likeness (QED) is 0.561. The third-order valence-electron chi connectivity index (χ3n) is 3.98. The molecule has 0 bridgehead atoms. The Kier molecular flexibility index (Phi) is 9.81. The van der Waals surface area contributed by atoms with Crippen LogP contribution in [-0.2, 0) is 14.3 Å². The van der Waals surface area contributed by atoms with E-state index in [4.69, 9.17) is 9.47 Å². The van der Waals surface area contributed by atoms with E-state index in [9.17, 15) is 15.0 Å². The lowest BCUT2D eigenvalue weighted by atomic mass is 9.95. The van der Waals surface area contributed by atoms with E-state index >= 15 is 0 Å². The minimum atomic E-state index is -0.482. The Morgan fingerprint density at radius 3 is 1.92 bits per heavy atom. The lowest BCUT2D eigenvalue weighted by Crippen LogP contribution is -2.33. The molecule has 141 valence electrons. The first-order valence-corrected chi connectivity index (χ1v) is 8.98. The summed E-state index contributed by atoms with van der Waals surface area (Å²) in [5.74, 6) is 1.42. The molecule has 24 heavy (non-hydrogen) atoms. The molecule has 6 nitrogen and oxygen atoms in total. The van der Waals surface area contributed by atoms with Gasteiger partial charge in [0, 0.05) is 25.4 Å². The molecule has 0 saturated carbocycles. The van der Waals surface area contributed by atoms with Gasteiger partial charge >= 0.3 is 0 Å².